The Bertz CT molecular complexity index is 379. The van der Waals surface area contributed by atoms with Gasteiger partial charge >= 0.3 is 0 Å². The third kappa shape index (κ3) is 2.35. The Morgan fingerprint density at radius 1 is 1.12 bits per heavy atom. The van der Waals surface area contributed by atoms with Crippen LogP contribution in [0.3, 0.4) is 0 Å². The van der Waals surface area contributed by atoms with Gasteiger partial charge in [-0.3, -0.25) is 0 Å². The first-order chi connectivity index (χ1) is 7.83. The fourth-order valence-corrected chi connectivity index (χ4v) is 2.33. The van der Waals surface area contributed by atoms with Crippen molar-refractivity contribution < 1.29 is 5.11 Å². The van der Waals surface area contributed by atoms with Crippen LogP contribution in [0.4, 0.5) is 0 Å². The van der Waals surface area contributed by atoms with Gasteiger partial charge < -0.3 is 5.11 Å². The number of rotatable bonds is 5. The summed E-state index contributed by atoms with van der Waals surface area (Å²) in [6.07, 6.45) is 7.89. The molecule has 1 heteroatoms. The SMILES string of the molecule is CCCCCCC1=Cc2ccccc2C1O. The number of hydrogen-bond donors (Lipinski definition) is 1. The van der Waals surface area contributed by atoms with Crippen molar-refractivity contribution >= 4 is 6.08 Å². The van der Waals surface area contributed by atoms with E-state index in [1.165, 1.54) is 36.8 Å². The summed E-state index contributed by atoms with van der Waals surface area (Å²) in [6.45, 7) is 2.22. The number of benzene rings is 1. The first kappa shape index (κ1) is 11.4. The molecule has 0 fully saturated rings. The fourth-order valence-electron chi connectivity index (χ4n) is 2.33. The lowest BCUT2D eigenvalue weighted by Crippen LogP contribution is -1.97. The van der Waals surface area contributed by atoms with Crippen LogP contribution in [-0.4, -0.2) is 5.11 Å². The van der Waals surface area contributed by atoms with E-state index in [-0.39, 0.29) is 6.10 Å². The first-order valence-corrected chi connectivity index (χ1v) is 6.30. The highest BCUT2D eigenvalue weighted by molar-refractivity contribution is 5.65. The minimum Gasteiger partial charge on any atom is -0.384 e. The van der Waals surface area contributed by atoms with Gasteiger partial charge in [-0.05, 0) is 29.5 Å². The standard InChI is InChI=1S/C15H20O/c1-2-3-4-5-9-13-11-12-8-6-7-10-14(12)15(13)16/h6-8,10-11,15-16H,2-5,9H2,1H3. The zero-order valence-corrected chi connectivity index (χ0v) is 9.95. The molecule has 0 spiro atoms. The van der Waals surface area contributed by atoms with Crippen molar-refractivity contribution in [3.05, 3.63) is 41.0 Å². The second-order valence-corrected chi connectivity index (χ2v) is 4.56. The van der Waals surface area contributed by atoms with Crippen LogP contribution in [0.25, 0.3) is 6.08 Å². The number of aliphatic hydroxyl groups excluding tert-OH is 1. The molecule has 0 saturated carbocycles. The van der Waals surface area contributed by atoms with E-state index in [9.17, 15) is 5.11 Å². The third-order valence-electron chi connectivity index (χ3n) is 3.30. The second-order valence-electron chi connectivity index (χ2n) is 4.56. The summed E-state index contributed by atoms with van der Waals surface area (Å²) in [5, 5.41) is 10.1. The van der Waals surface area contributed by atoms with Crippen LogP contribution in [0.1, 0.15) is 56.3 Å². The van der Waals surface area contributed by atoms with Crippen molar-refractivity contribution in [1.29, 1.82) is 0 Å². The summed E-state index contributed by atoms with van der Waals surface area (Å²) in [5.74, 6) is 0. The molecule has 0 saturated heterocycles. The normalized spacial score (nSPS) is 18.4. The summed E-state index contributed by atoms with van der Waals surface area (Å²) in [5.41, 5.74) is 3.46. The average molecular weight is 216 g/mol. The van der Waals surface area contributed by atoms with Crippen LogP contribution in [-0.2, 0) is 0 Å². The highest BCUT2D eigenvalue weighted by Crippen LogP contribution is 2.36. The minimum atomic E-state index is -0.349. The van der Waals surface area contributed by atoms with E-state index in [0.717, 1.165) is 12.0 Å². The van der Waals surface area contributed by atoms with Crippen LogP contribution in [0.2, 0.25) is 0 Å². The lowest BCUT2D eigenvalue weighted by Gasteiger charge is -2.09. The van der Waals surface area contributed by atoms with Crippen LogP contribution in [0.15, 0.2) is 29.8 Å². The third-order valence-corrected chi connectivity index (χ3v) is 3.30. The summed E-state index contributed by atoms with van der Waals surface area (Å²) in [6, 6.07) is 8.13. The molecule has 1 aromatic rings. The Morgan fingerprint density at radius 3 is 2.69 bits per heavy atom. The van der Waals surface area contributed by atoms with Gasteiger partial charge in [-0.1, -0.05) is 56.5 Å². The summed E-state index contributed by atoms with van der Waals surface area (Å²) in [7, 11) is 0. The van der Waals surface area contributed by atoms with Crippen molar-refractivity contribution in [3.63, 3.8) is 0 Å². The highest BCUT2D eigenvalue weighted by atomic mass is 16.3. The van der Waals surface area contributed by atoms with Crippen LogP contribution >= 0.6 is 0 Å². The smallest absolute Gasteiger partial charge is 0.101 e. The van der Waals surface area contributed by atoms with E-state index in [4.69, 9.17) is 0 Å². The minimum absolute atomic E-state index is 0.349. The molecule has 2 rings (SSSR count). The molecule has 1 aliphatic rings. The van der Waals surface area contributed by atoms with Gasteiger partial charge in [-0.15, -0.1) is 0 Å². The number of fused-ring (bicyclic) bond motifs is 1. The van der Waals surface area contributed by atoms with Crippen molar-refractivity contribution in [2.24, 2.45) is 0 Å². The Hall–Kier alpha value is -1.08. The molecule has 0 aliphatic heterocycles. The van der Waals surface area contributed by atoms with E-state index in [0.29, 0.717) is 0 Å². The summed E-state index contributed by atoms with van der Waals surface area (Å²) < 4.78 is 0. The molecule has 1 aliphatic carbocycles. The zero-order valence-electron chi connectivity index (χ0n) is 9.95. The van der Waals surface area contributed by atoms with Gasteiger partial charge in [0.05, 0.1) is 0 Å². The van der Waals surface area contributed by atoms with Gasteiger partial charge in [0.1, 0.15) is 6.10 Å². The lowest BCUT2D eigenvalue weighted by molar-refractivity contribution is 0.215. The number of hydrogen-bond acceptors (Lipinski definition) is 1. The Kier molecular flexibility index (Phi) is 3.79. The van der Waals surface area contributed by atoms with Gasteiger partial charge in [0.2, 0.25) is 0 Å². The maximum absolute atomic E-state index is 10.1. The van der Waals surface area contributed by atoms with E-state index in [1.54, 1.807) is 0 Å². The lowest BCUT2D eigenvalue weighted by atomic mass is 10.0. The van der Waals surface area contributed by atoms with Crippen molar-refractivity contribution in [3.8, 4) is 0 Å². The molecule has 1 nitrogen and oxygen atoms in total. The van der Waals surface area contributed by atoms with Crippen LogP contribution in [0, 0.1) is 0 Å². The molecule has 0 amide bonds. The zero-order chi connectivity index (χ0) is 11.4. The van der Waals surface area contributed by atoms with Crippen molar-refractivity contribution in [2.75, 3.05) is 0 Å². The maximum Gasteiger partial charge on any atom is 0.101 e. The maximum atomic E-state index is 10.1. The van der Waals surface area contributed by atoms with Gasteiger partial charge in [0.15, 0.2) is 0 Å². The molecule has 1 aromatic carbocycles. The Labute approximate surface area is 97.8 Å². The molecule has 0 heterocycles. The molecule has 1 unspecified atom stereocenters. The van der Waals surface area contributed by atoms with E-state index in [1.807, 2.05) is 18.2 Å². The van der Waals surface area contributed by atoms with Crippen LogP contribution in [0.5, 0.6) is 0 Å². The van der Waals surface area contributed by atoms with Crippen molar-refractivity contribution in [2.45, 2.75) is 45.1 Å². The van der Waals surface area contributed by atoms with Gasteiger partial charge in [-0.2, -0.15) is 0 Å². The molecule has 0 radical (unpaired) electrons. The monoisotopic (exact) mass is 216 g/mol. The predicted octanol–water partition coefficient (Wildman–Crippen LogP) is 4.09. The largest absolute Gasteiger partial charge is 0.384 e. The number of unbranched alkanes of at least 4 members (excludes halogenated alkanes) is 3. The molecular formula is C15H20O. The van der Waals surface area contributed by atoms with E-state index < -0.39 is 0 Å². The topological polar surface area (TPSA) is 20.2 Å². The molecule has 1 atom stereocenters. The summed E-state index contributed by atoms with van der Waals surface area (Å²) in [4.78, 5) is 0. The molecule has 0 aromatic heterocycles. The first-order valence-electron chi connectivity index (χ1n) is 6.30. The second kappa shape index (κ2) is 5.31. The Balaban J connectivity index is 1.94. The van der Waals surface area contributed by atoms with Crippen LogP contribution < -0.4 is 0 Å². The highest BCUT2D eigenvalue weighted by Gasteiger charge is 2.21. The molecule has 86 valence electrons. The fraction of sp³-hybridized carbons (Fsp3) is 0.467. The quantitative estimate of drug-likeness (QED) is 0.735. The summed E-state index contributed by atoms with van der Waals surface area (Å²) >= 11 is 0. The predicted molar refractivity (Wildman–Crippen MR) is 68.1 cm³/mol. The van der Waals surface area contributed by atoms with Crippen molar-refractivity contribution in [1.82, 2.24) is 0 Å². The number of aliphatic hydroxyl groups is 1. The van der Waals surface area contributed by atoms with E-state index >= 15 is 0 Å². The molecule has 1 N–H and O–H groups in total. The van der Waals surface area contributed by atoms with Gasteiger partial charge in [0, 0.05) is 0 Å². The van der Waals surface area contributed by atoms with Gasteiger partial charge in [-0.25, -0.2) is 0 Å². The van der Waals surface area contributed by atoms with Gasteiger partial charge in [0.25, 0.3) is 0 Å². The average Bonchev–Trinajstić information content (AvgIpc) is 2.63. The Morgan fingerprint density at radius 2 is 1.94 bits per heavy atom. The van der Waals surface area contributed by atoms with E-state index in [2.05, 4.69) is 19.1 Å². The molecule has 16 heavy (non-hydrogen) atoms. The molecule has 0 bridgehead atoms. The molecular weight excluding hydrogens is 196 g/mol.